The van der Waals surface area contributed by atoms with Gasteiger partial charge in [0.25, 0.3) is 5.91 Å². The number of carbonyl (C=O) groups excluding carboxylic acids is 2. The monoisotopic (exact) mass is 345 g/mol. The van der Waals surface area contributed by atoms with E-state index in [1.807, 2.05) is 12.1 Å². The number of fused-ring (bicyclic) bond motifs is 1. The number of aromatic nitrogens is 2. The minimum absolute atomic E-state index is 0.0387. The number of imidazole rings is 1. The number of halogens is 1. The molecule has 124 valence electrons. The van der Waals surface area contributed by atoms with E-state index in [0.717, 1.165) is 11.3 Å². The molecule has 0 unspecified atom stereocenters. The van der Waals surface area contributed by atoms with E-state index >= 15 is 0 Å². The highest BCUT2D eigenvalue weighted by molar-refractivity contribution is 8.00. The van der Waals surface area contributed by atoms with E-state index in [1.165, 1.54) is 11.8 Å². The zero-order valence-corrected chi connectivity index (χ0v) is 13.8. The van der Waals surface area contributed by atoms with Crippen LogP contribution in [0.15, 0.2) is 35.6 Å². The molecule has 0 saturated carbocycles. The summed E-state index contributed by atoms with van der Waals surface area (Å²) in [5.74, 6) is 0.411. The van der Waals surface area contributed by atoms with Crippen molar-refractivity contribution in [2.24, 2.45) is 0 Å². The van der Waals surface area contributed by atoms with Crippen molar-refractivity contribution in [1.82, 2.24) is 14.5 Å². The first kappa shape index (κ1) is 15.4. The fraction of sp³-hybridized carbons (Fsp3) is 0.353. The van der Waals surface area contributed by atoms with Crippen LogP contribution in [0, 0.1) is 0 Å². The molecule has 0 atom stereocenters. The molecule has 0 radical (unpaired) electrons. The Labute approximate surface area is 142 Å². The van der Waals surface area contributed by atoms with Crippen molar-refractivity contribution in [3.63, 3.8) is 0 Å². The predicted octanol–water partition coefficient (Wildman–Crippen LogP) is 2.87. The Kier molecular flexibility index (Phi) is 3.88. The molecular weight excluding hydrogens is 329 g/mol. The Bertz CT molecular complexity index is 795. The molecule has 2 aromatic rings. The molecule has 0 N–H and O–H groups in total. The van der Waals surface area contributed by atoms with Crippen LogP contribution < -0.4 is 0 Å². The quantitative estimate of drug-likeness (QED) is 0.840. The predicted molar refractivity (Wildman–Crippen MR) is 89.0 cm³/mol. The van der Waals surface area contributed by atoms with Gasteiger partial charge in [-0.15, -0.1) is 0 Å². The number of nitrogens with zero attached hydrogens (tertiary/aromatic N) is 3. The average Bonchev–Trinajstić information content (AvgIpc) is 3.18. The van der Waals surface area contributed by atoms with Crippen molar-refractivity contribution in [2.75, 3.05) is 18.8 Å². The van der Waals surface area contributed by atoms with Crippen molar-refractivity contribution in [1.29, 1.82) is 0 Å². The van der Waals surface area contributed by atoms with Gasteiger partial charge in [-0.2, -0.15) is 0 Å². The lowest BCUT2D eigenvalue weighted by Gasteiger charge is -2.28. The lowest BCUT2D eigenvalue weighted by molar-refractivity contribution is 0.0667. The topological polar surface area (TPSA) is 55.2 Å². The fourth-order valence-electron chi connectivity index (χ4n) is 3.00. The van der Waals surface area contributed by atoms with Gasteiger partial charge in [0, 0.05) is 30.4 Å². The second-order valence-corrected chi connectivity index (χ2v) is 6.95. The number of piperidine rings is 1. The molecule has 2 aliphatic rings. The van der Waals surface area contributed by atoms with E-state index in [1.54, 1.807) is 27.8 Å². The highest BCUT2D eigenvalue weighted by Gasteiger charge is 2.24. The van der Waals surface area contributed by atoms with Gasteiger partial charge in [-0.25, -0.2) is 9.37 Å². The number of alkyl halides is 1. The third-order valence-electron chi connectivity index (χ3n) is 4.41. The van der Waals surface area contributed by atoms with E-state index in [2.05, 4.69) is 4.98 Å². The summed E-state index contributed by atoms with van der Waals surface area (Å²) in [6, 6.07) is 7.20. The van der Waals surface area contributed by atoms with Crippen LogP contribution in [0.1, 0.15) is 28.0 Å². The van der Waals surface area contributed by atoms with Gasteiger partial charge in [0.15, 0.2) is 5.16 Å². The Hall–Kier alpha value is -2.15. The smallest absolute Gasteiger partial charge is 0.253 e. The standard InChI is InChI=1S/C17H16FN3O2S/c18-13-5-7-20(8-6-13)16(23)12-3-1-11(2-4-12)14-9-21-15(22)10-24-17(21)19-14/h1-4,9,13H,5-8,10H2. The molecule has 2 aliphatic heterocycles. The first-order valence-corrected chi connectivity index (χ1v) is 8.89. The molecule has 1 aromatic carbocycles. The number of benzene rings is 1. The maximum Gasteiger partial charge on any atom is 0.253 e. The zero-order chi connectivity index (χ0) is 16.7. The minimum atomic E-state index is -0.792. The minimum Gasteiger partial charge on any atom is -0.338 e. The Balaban J connectivity index is 1.51. The van der Waals surface area contributed by atoms with Gasteiger partial charge >= 0.3 is 0 Å². The molecule has 1 fully saturated rings. The van der Waals surface area contributed by atoms with Crippen LogP contribution in [-0.4, -0.2) is 51.3 Å². The van der Waals surface area contributed by atoms with Crippen molar-refractivity contribution >= 4 is 23.6 Å². The average molecular weight is 345 g/mol. The molecule has 3 heterocycles. The molecule has 7 heteroatoms. The fourth-order valence-corrected chi connectivity index (χ4v) is 3.84. The van der Waals surface area contributed by atoms with Gasteiger partial charge in [-0.05, 0) is 25.0 Å². The molecule has 1 saturated heterocycles. The van der Waals surface area contributed by atoms with E-state index < -0.39 is 6.17 Å². The second-order valence-electron chi connectivity index (χ2n) is 6.01. The van der Waals surface area contributed by atoms with Gasteiger partial charge in [0.2, 0.25) is 5.91 Å². The molecule has 1 aromatic heterocycles. The van der Waals surface area contributed by atoms with Crippen LogP contribution in [0.4, 0.5) is 4.39 Å². The summed E-state index contributed by atoms with van der Waals surface area (Å²) < 4.78 is 14.8. The van der Waals surface area contributed by atoms with Crippen LogP contribution in [-0.2, 0) is 0 Å². The highest BCUT2D eigenvalue weighted by Crippen LogP contribution is 2.29. The first-order valence-electron chi connectivity index (χ1n) is 7.91. The number of carbonyl (C=O) groups is 2. The second kappa shape index (κ2) is 6.05. The van der Waals surface area contributed by atoms with Gasteiger partial charge in [0.05, 0.1) is 11.4 Å². The number of amides is 1. The molecule has 24 heavy (non-hydrogen) atoms. The first-order chi connectivity index (χ1) is 11.6. The van der Waals surface area contributed by atoms with Crippen LogP contribution in [0.2, 0.25) is 0 Å². The van der Waals surface area contributed by atoms with Crippen LogP contribution in [0.3, 0.4) is 0 Å². The number of hydrogen-bond acceptors (Lipinski definition) is 4. The summed E-state index contributed by atoms with van der Waals surface area (Å²) in [5, 5.41) is 0.712. The third kappa shape index (κ3) is 2.73. The molecule has 0 spiro atoms. The highest BCUT2D eigenvalue weighted by atomic mass is 32.2. The Morgan fingerprint density at radius 3 is 2.58 bits per heavy atom. The lowest BCUT2D eigenvalue weighted by Crippen LogP contribution is -2.39. The maximum absolute atomic E-state index is 13.2. The van der Waals surface area contributed by atoms with E-state index in [9.17, 15) is 14.0 Å². The Morgan fingerprint density at radius 1 is 1.21 bits per heavy atom. The summed E-state index contributed by atoms with van der Waals surface area (Å²) in [5.41, 5.74) is 2.18. The molecule has 0 bridgehead atoms. The third-order valence-corrected chi connectivity index (χ3v) is 5.34. The molecule has 4 rings (SSSR count). The SMILES string of the molecule is O=C(c1ccc(-c2cn3c(n2)SCC3=O)cc1)N1CCC(F)CC1. The summed E-state index contributed by atoms with van der Waals surface area (Å²) in [7, 11) is 0. The van der Waals surface area contributed by atoms with Gasteiger partial charge < -0.3 is 4.90 Å². The summed E-state index contributed by atoms with van der Waals surface area (Å²) >= 11 is 1.43. The largest absolute Gasteiger partial charge is 0.338 e. The number of likely N-dealkylation sites (tertiary alicyclic amines) is 1. The molecule has 5 nitrogen and oxygen atoms in total. The van der Waals surface area contributed by atoms with Crippen LogP contribution >= 0.6 is 11.8 Å². The summed E-state index contributed by atoms with van der Waals surface area (Å²) in [6.07, 6.45) is 1.77. The maximum atomic E-state index is 13.2. The van der Waals surface area contributed by atoms with Crippen molar-refractivity contribution < 1.29 is 14.0 Å². The van der Waals surface area contributed by atoms with Gasteiger partial charge in [0.1, 0.15) is 6.17 Å². The lowest BCUT2D eigenvalue weighted by atomic mass is 10.1. The van der Waals surface area contributed by atoms with E-state index in [4.69, 9.17) is 0 Å². The van der Waals surface area contributed by atoms with Crippen molar-refractivity contribution in [3.8, 4) is 11.3 Å². The van der Waals surface area contributed by atoms with Crippen molar-refractivity contribution in [2.45, 2.75) is 24.2 Å². The van der Waals surface area contributed by atoms with Gasteiger partial charge in [-0.3, -0.25) is 14.2 Å². The molecule has 1 amide bonds. The molecule has 0 aliphatic carbocycles. The number of rotatable bonds is 2. The van der Waals surface area contributed by atoms with Crippen molar-refractivity contribution in [3.05, 3.63) is 36.0 Å². The van der Waals surface area contributed by atoms with E-state index in [-0.39, 0.29) is 11.8 Å². The zero-order valence-electron chi connectivity index (χ0n) is 12.9. The van der Waals surface area contributed by atoms with Crippen LogP contribution in [0.25, 0.3) is 11.3 Å². The van der Waals surface area contributed by atoms with Crippen LogP contribution in [0.5, 0.6) is 0 Å². The normalized spacial score (nSPS) is 18.0. The van der Waals surface area contributed by atoms with E-state index in [0.29, 0.717) is 42.4 Å². The summed E-state index contributed by atoms with van der Waals surface area (Å²) in [4.78, 5) is 30.3. The summed E-state index contributed by atoms with van der Waals surface area (Å²) in [6.45, 7) is 0.934. The number of hydrogen-bond donors (Lipinski definition) is 0. The van der Waals surface area contributed by atoms with Gasteiger partial charge in [-0.1, -0.05) is 23.9 Å². The number of thioether (sulfide) groups is 1. The molecular formula is C17H16FN3O2S. The Morgan fingerprint density at radius 2 is 1.92 bits per heavy atom.